The molecule has 3 nitrogen and oxygen atoms in total. The number of carbonyl (C=O) groups is 1. The van der Waals surface area contributed by atoms with Gasteiger partial charge in [-0.1, -0.05) is 26.8 Å². The number of rotatable bonds is 1. The molecule has 1 aliphatic heterocycles. The third-order valence-corrected chi connectivity index (χ3v) is 4.02. The number of hydrogen-bond acceptors (Lipinski definition) is 2. The summed E-state index contributed by atoms with van der Waals surface area (Å²) in [6, 6.07) is 2.06. The fraction of sp³-hybridized carbons (Fsp3) is 0.562. The zero-order valence-corrected chi connectivity index (χ0v) is 12.4. The predicted molar refractivity (Wildman–Crippen MR) is 77.3 cm³/mol. The van der Waals surface area contributed by atoms with Gasteiger partial charge in [0.2, 0.25) is 5.91 Å². The number of hydrogen-bond donors (Lipinski definition) is 2. The van der Waals surface area contributed by atoms with Crippen molar-refractivity contribution in [2.75, 3.05) is 5.32 Å². The van der Waals surface area contributed by atoms with E-state index < -0.39 is 6.10 Å². The maximum atomic E-state index is 11.5. The Labute approximate surface area is 115 Å². The first-order valence-corrected chi connectivity index (χ1v) is 6.82. The first-order chi connectivity index (χ1) is 8.71. The lowest BCUT2D eigenvalue weighted by Crippen LogP contribution is -2.23. The highest BCUT2D eigenvalue weighted by molar-refractivity contribution is 5.95. The number of aliphatic hydroxyl groups is 1. The minimum atomic E-state index is -0.492. The van der Waals surface area contributed by atoms with Crippen LogP contribution in [-0.4, -0.2) is 11.0 Å². The van der Waals surface area contributed by atoms with E-state index in [1.54, 1.807) is 0 Å². The second kappa shape index (κ2) is 4.64. The van der Waals surface area contributed by atoms with Crippen molar-refractivity contribution in [1.82, 2.24) is 0 Å². The molecular weight excluding hydrogens is 238 g/mol. The summed E-state index contributed by atoms with van der Waals surface area (Å²) in [5, 5.41) is 13.5. The summed E-state index contributed by atoms with van der Waals surface area (Å²) in [4.78, 5) is 11.5. The van der Waals surface area contributed by atoms with Crippen LogP contribution in [0, 0.1) is 19.3 Å². The first-order valence-electron chi connectivity index (χ1n) is 6.82. The van der Waals surface area contributed by atoms with Crippen LogP contribution in [0.5, 0.6) is 0 Å². The average molecular weight is 261 g/mol. The summed E-state index contributed by atoms with van der Waals surface area (Å²) in [5.41, 5.74) is 5.02. The first kappa shape index (κ1) is 14.1. The quantitative estimate of drug-likeness (QED) is 0.815. The van der Waals surface area contributed by atoms with E-state index >= 15 is 0 Å². The van der Waals surface area contributed by atoms with Gasteiger partial charge in [0.05, 0.1) is 6.10 Å². The molecule has 0 bridgehead atoms. The summed E-state index contributed by atoms with van der Waals surface area (Å²) in [6.45, 7) is 10.1. The molecule has 0 aromatic heterocycles. The van der Waals surface area contributed by atoms with Crippen LogP contribution in [0.4, 0.5) is 5.69 Å². The lowest BCUT2D eigenvalue weighted by Gasteiger charge is -2.30. The van der Waals surface area contributed by atoms with Gasteiger partial charge in [0.25, 0.3) is 0 Å². The van der Waals surface area contributed by atoms with Gasteiger partial charge in [0.1, 0.15) is 0 Å². The van der Waals surface area contributed by atoms with Gasteiger partial charge in [-0.15, -0.1) is 0 Å². The molecule has 1 aromatic carbocycles. The van der Waals surface area contributed by atoms with Crippen molar-refractivity contribution in [2.45, 2.75) is 53.6 Å². The minimum Gasteiger partial charge on any atom is -0.388 e. The van der Waals surface area contributed by atoms with E-state index in [2.05, 4.69) is 11.4 Å². The van der Waals surface area contributed by atoms with Crippen molar-refractivity contribution in [3.8, 4) is 0 Å². The van der Waals surface area contributed by atoms with Crippen LogP contribution in [0.2, 0.25) is 0 Å². The molecule has 0 aliphatic carbocycles. The van der Waals surface area contributed by atoms with Crippen molar-refractivity contribution in [1.29, 1.82) is 0 Å². The van der Waals surface area contributed by atoms with Crippen LogP contribution in [-0.2, 0) is 11.2 Å². The van der Waals surface area contributed by atoms with E-state index in [1.807, 2.05) is 34.6 Å². The molecule has 1 atom stereocenters. The molecule has 1 unspecified atom stereocenters. The molecule has 1 heterocycles. The third kappa shape index (κ3) is 2.52. The highest BCUT2D eigenvalue weighted by Gasteiger charge is 2.28. The molecule has 2 N–H and O–H groups in total. The van der Waals surface area contributed by atoms with Gasteiger partial charge >= 0.3 is 0 Å². The summed E-state index contributed by atoms with van der Waals surface area (Å²) < 4.78 is 0. The molecule has 2 rings (SSSR count). The maximum Gasteiger partial charge on any atom is 0.224 e. The van der Waals surface area contributed by atoms with E-state index in [-0.39, 0.29) is 11.3 Å². The Morgan fingerprint density at radius 2 is 1.84 bits per heavy atom. The fourth-order valence-corrected chi connectivity index (χ4v) is 2.58. The van der Waals surface area contributed by atoms with E-state index in [0.29, 0.717) is 6.42 Å². The van der Waals surface area contributed by atoms with Crippen molar-refractivity contribution in [3.05, 3.63) is 28.3 Å². The molecule has 0 spiro atoms. The lowest BCUT2D eigenvalue weighted by atomic mass is 9.80. The summed E-state index contributed by atoms with van der Waals surface area (Å²) in [6.07, 6.45) is 0.793. The van der Waals surface area contributed by atoms with Gasteiger partial charge in [0, 0.05) is 12.1 Å². The summed E-state index contributed by atoms with van der Waals surface area (Å²) >= 11 is 0. The molecule has 1 aromatic rings. The van der Waals surface area contributed by atoms with Gasteiger partial charge in [-0.2, -0.15) is 0 Å². The number of benzene rings is 1. The minimum absolute atomic E-state index is 0.0825. The van der Waals surface area contributed by atoms with Crippen LogP contribution in [0.3, 0.4) is 0 Å². The van der Waals surface area contributed by atoms with Gasteiger partial charge in [-0.05, 0) is 47.9 Å². The molecule has 104 valence electrons. The Balaban J connectivity index is 2.54. The fourth-order valence-electron chi connectivity index (χ4n) is 2.58. The van der Waals surface area contributed by atoms with E-state index in [1.165, 1.54) is 0 Å². The number of carbonyl (C=O) groups excluding carboxylic acids is 1. The highest BCUT2D eigenvalue weighted by Crippen LogP contribution is 2.39. The zero-order chi connectivity index (χ0) is 14.4. The van der Waals surface area contributed by atoms with E-state index in [0.717, 1.165) is 34.4 Å². The van der Waals surface area contributed by atoms with Crippen molar-refractivity contribution >= 4 is 11.6 Å². The number of amides is 1. The maximum absolute atomic E-state index is 11.5. The summed E-state index contributed by atoms with van der Waals surface area (Å²) in [5.74, 6) is 0.0825. The Kier molecular flexibility index (Phi) is 3.43. The normalized spacial score (nSPS) is 16.8. The Morgan fingerprint density at radius 1 is 1.21 bits per heavy atom. The Morgan fingerprint density at radius 3 is 2.42 bits per heavy atom. The number of fused-ring (bicyclic) bond motifs is 1. The molecule has 3 heteroatoms. The number of nitrogens with one attached hydrogen (secondary N) is 1. The van der Waals surface area contributed by atoms with Crippen molar-refractivity contribution < 1.29 is 9.90 Å². The molecule has 0 saturated carbocycles. The SMILES string of the molecule is Cc1c(C(O)C(C)(C)C)cc2c(c1C)NC(=O)CC2. The van der Waals surface area contributed by atoms with Crippen molar-refractivity contribution in [2.24, 2.45) is 5.41 Å². The molecule has 0 fully saturated rings. The largest absolute Gasteiger partial charge is 0.388 e. The van der Waals surface area contributed by atoms with Crippen LogP contribution in [0.15, 0.2) is 6.07 Å². The van der Waals surface area contributed by atoms with E-state index in [4.69, 9.17) is 0 Å². The molecule has 19 heavy (non-hydrogen) atoms. The predicted octanol–water partition coefficient (Wildman–Crippen LogP) is 3.27. The molecular formula is C16H23NO2. The molecule has 1 aliphatic rings. The van der Waals surface area contributed by atoms with Crippen molar-refractivity contribution in [3.63, 3.8) is 0 Å². The smallest absolute Gasteiger partial charge is 0.224 e. The monoisotopic (exact) mass is 261 g/mol. The van der Waals surface area contributed by atoms with Gasteiger partial charge in [0.15, 0.2) is 0 Å². The molecule has 0 saturated heterocycles. The molecule has 1 amide bonds. The lowest BCUT2D eigenvalue weighted by molar-refractivity contribution is -0.116. The van der Waals surface area contributed by atoms with Crippen LogP contribution in [0.25, 0.3) is 0 Å². The van der Waals surface area contributed by atoms with Crippen LogP contribution >= 0.6 is 0 Å². The summed E-state index contributed by atoms with van der Waals surface area (Å²) in [7, 11) is 0. The Hall–Kier alpha value is -1.35. The topological polar surface area (TPSA) is 49.3 Å². The second-order valence-corrected chi connectivity index (χ2v) is 6.57. The number of anilines is 1. The van der Waals surface area contributed by atoms with Gasteiger partial charge < -0.3 is 10.4 Å². The van der Waals surface area contributed by atoms with Gasteiger partial charge in [-0.3, -0.25) is 4.79 Å². The average Bonchev–Trinajstić information content (AvgIpc) is 2.32. The van der Waals surface area contributed by atoms with Crippen LogP contribution < -0.4 is 5.32 Å². The van der Waals surface area contributed by atoms with Gasteiger partial charge in [-0.25, -0.2) is 0 Å². The highest BCUT2D eigenvalue weighted by atomic mass is 16.3. The number of aliphatic hydroxyl groups excluding tert-OH is 1. The standard InChI is InChI=1S/C16H23NO2/c1-9-10(2)14-11(6-7-13(18)17-14)8-12(9)15(19)16(3,4)5/h8,15,19H,6-7H2,1-5H3,(H,17,18). The Bertz CT molecular complexity index is 527. The van der Waals surface area contributed by atoms with E-state index in [9.17, 15) is 9.90 Å². The second-order valence-electron chi connectivity index (χ2n) is 6.57. The molecule has 0 radical (unpaired) electrons. The third-order valence-electron chi connectivity index (χ3n) is 4.02. The van der Waals surface area contributed by atoms with Crippen LogP contribution in [0.1, 0.15) is 55.5 Å². The number of aryl methyl sites for hydroxylation is 1. The zero-order valence-electron chi connectivity index (χ0n) is 12.4.